The van der Waals surface area contributed by atoms with Gasteiger partial charge in [-0.3, -0.25) is 9.69 Å². The fourth-order valence-electron chi connectivity index (χ4n) is 2.66. The molecule has 1 saturated heterocycles. The van der Waals surface area contributed by atoms with Gasteiger partial charge in [-0.15, -0.1) is 0 Å². The summed E-state index contributed by atoms with van der Waals surface area (Å²) in [5.74, 6) is -0.703. The second-order valence-corrected chi connectivity index (χ2v) is 6.51. The Morgan fingerprint density at radius 1 is 1.35 bits per heavy atom. The summed E-state index contributed by atoms with van der Waals surface area (Å²) in [6.07, 6.45) is 1.32. The molecule has 1 fully saturated rings. The first-order chi connectivity index (χ1) is 9.35. The summed E-state index contributed by atoms with van der Waals surface area (Å²) in [4.78, 5) is 13.5. The van der Waals surface area contributed by atoms with E-state index in [1.165, 1.54) is 0 Å². The van der Waals surface area contributed by atoms with E-state index in [1.807, 2.05) is 19.1 Å². The molecule has 1 N–H and O–H groups in total. The Labute approximate surface area is 129 Å². The Morgan fingerprint density at radius 3 is 2.50 bits per heavy atom. The van der Waals surface area contributed by atoms with Crippen molar-refractivity contribution in [3.63, 3.8) is 0 Å². The van der Waals surface area contributed by atoms with Crippen LogP contribution in [0.4, 0.5) is 0 Å². The number of aliphatic carboxylic acids is 1. The summed E-state index contributed by atoms with van der Waals surface area (Å²) in [6.45, 7) is 5.42. The largest absolute Gasteiger partial charge is 0.481 e. The lowest BCUT2D eigenvalue weighted by Crippen LogP contribution is -2.43. The van der Waals surface area contributed by atoms with Gasteiger partial charge in [-0.2, -0.15) is 0 Å². The average Bonchev–Trinajstić information content (AvgIpc) is 2.42. The number of hydrogen-bond donors (Lipinski definition) is 1. The van der Waals surface area contributed by atoms with Crippen molar-refractivity contribution in [2.45, 2.75) is 32.7 Å². The Hall–Kier alpha value is -0.770. The van der Waals surface area contributed by atoms with Gasteiger partial charge in [0.2, 0.25) is 0 Å². The Morgan fingerprint density at radius 2 is 1.95 bits per heavy atom. The predicted octanol–water partition coefficient (Wildman–Crippen LogP) is 4.24. The molecule has 1 unspecified atom stereocenters. The van der Waals surface area contributed by atoms with Crippen LogP contribution in [0, 0.1) is 5.41 Å². The zero-order chi connectivity index (χ0) is 14.9. The number of nitrogens with zero attached hydrogens (tertiary/aromatic N) is 1. The van der Waals surface area contributed by atoms with E-state index in [1.54, 1.807) is 6.07 Å². The SMILES string of the molecule is CC(c1cccc(Cl)c1Cl)N1CCC(C)(C(=O)O)CC1. The Kier molecular flexibility index (Phi) is 4.62. The molecule has 1 heterocycles. The van der Waals surface area contributed by atoms with Crippen LogP contribution < -0.4 is 0 Å². The third kappa shape index (κ3) is 2.95. The van der Waals surface area contributed by atoms with Crippen LogP contribution in [0.3, 0.4) is 0 Å². The number of halogens is 2. The van der Waals surface area contributed by atoms with E-state index < -0.39 is 11.4 Å². The fourth-order valence-corrected chi connectivity index (χ4v) is 3.12. The van der Waals surface area contributed by atoms with Crippen molar-refractivity contribution in [1.82, 2.24) is 4.90 Å². The van der Waals surface area contributed by atoms with Gasteiger partial charge in [0.1, 0.15) is 0 Å². The highest BCUT2D eigenvalue weighted by atomic mass is 35.5. The molecular weight excluding hydrogens is 297 g/mol. The van der Waals surface area contributed by atoms with Gasteiger partial charge >= 0.3 is 5.97 Å². The molecule has 5 heteroatoms. The fraction of sp³-hybridized carbons (Fsp3) is 0.533. The third-order valence-corrected chi connectivity index (χ3v) is 5.23. The molecule has 2 rings (SSSR count). The maximum Gasteiger partial charge on any atom is 0.309 e. The summed E-state index contributed by atoms with van der Waals surface area (Å²) in [7, 11) is 0. The van der Waals surface area contributed by atoms with Crippen molar-refractivity contribution in [3.8, 4) is 0 Å². The molecule has 20 heavy (non-hydrogen) atoms. The van der Waals surface area contributed by atoms with Crippen LogP contribution >= 0.6 is 23.2 Å². The normalized spacial score (nSPS) is 20.6. The van der Waals surface area contributed by atoms with Gasteiger partial charge in [0, 0.05) is 6.04 Å². The molecule has 1 aliphatic rings. The first kappa shape index (κ1) is 15.6. The number of piperidine rings is 1. The minimum Gasteiger partial charge on any atom is -0.481 e. The Bertz CT molecular complexity index is 511. The quantitative estimate of drug-likeness (QED) is 0.906. The average molecular weight is 316 g/mol. The predicted molar refractivity (Wildman–Crippen MR) is 81.4 cm³/mol. The molecule has 0 spiro atoms. The Balaban J connectivity index is 2.11. The molecule has 1 atom stereocenters. The number of hydrogen-bond acceptors (Lipinski definition) is 2. The standard InChI is InChI=1S/C15H19Cl2NO2/c1-10(11-4-3-5-12(16)13(11)17)18-8-6-15(2,7-9-18)14(19)20/h3-5,10H,6-9H2,1-2H3,(H,19,20). The summed E-state index contributed by atoms with van der Waals surface area (Å²) >= 11 is 12.3. The van der Waals surface area contributed by atoms with Gasteiger partial charge in [0.25, 0.3) is 0 Å². The van der Waals surface area contributed by atoms with Gasteiger partial charge < -0.3 is 5.11 Å². The molecular formula is C15H19Cl2NO2. The zero-order valence-corrected chi connectivity index (χ0v) is 13.2. The first-order valence-electron chi connectivity index (χ1n) is 6.76. The molecule has 110 valence electrons. The molecule has 1 aromatic rings. The van der Waals surface area contributed by atoms with E-state index in [-0.39, 0.29) is 6.04 Å². The molecule has 0 saturated carbocycles. The van der Waals surface area contributed by atoms with Gasteiger partial charge in [0.15, 0.2) is 0 Å². The summed E-state index contributed by atoms with van der Waals surface area (Å²) in [5.41, 5.74) is 0.395. The molecule has 1 aliphatic heterocycles. The topological polar surface area (TPSA) is 40.5 Å². The number of carboxylic acids is 1. The molecule has 3 nitrogen and oxygen atoms in total. The molecule has 0 amide bonds. The van der Waals surface area contributed by atoms with E-state index in [0.717, 1.165) is 18.7 Å². The van der Waals surface area contributed by atoms with Crippen LogP contribution in [0.2, 0.25) is 10.0 Å². The molecule has 0 aliphatic carbocycles. The maximum absolute atomic E-state index is 11.3. The third-order valence-electron chi connectivity index (χ3n) is 4.40. The highest BCUT2D eigenvalue weighted by Crippen LogP contribution is 2.37. The van der Waals surface area contributed by atoms with Crippen LogP contribution in [-0.2, 0) is 4.79 Å². The van der Waals surface area contributed by atoms with Crippen molar-refractivity contribution in [2.75, 3.05) is 13.1 Å². The van der Waals surface area contributed by atoms with E-state index in [4.69, 9.17) is 23.2 Å². The van der Waals surface area contributed by atoms with Crippen molar-refractivity contribution in [1.29, 1.82) is 0 Å². The lowest BCUT2D eigenvalue weighted by Gasteiger charge is -2.39. The molecule has 0 aromatic heterocycles. The second kappa shape index (κ2) is 5.92. The van der Waals surface area contributed by atoms with Crippen LogP contribution in [0.25, 0.3) is 0 Å². The maximum atomic E-state index is 11.3. The summed E-state index contributed by atoms with van der Waals surface area (Å²) < 4.78 is 0. The van der Waals surface area contributed by atoms with Crippen LogP contribution in [0.15, 0.2) is 18.2 Å². The van der Waals surface area contributed by atoms with Gasteiger partial charge in [0.05, 0.1) is 15.5 Å². The molecule has 1 aromatic carbocycles. The van der Waals surface area contributed by atoms with Gasteiger partial charge in [-0.05, 0) is 51.4 Å². The van der Waals surface area contributed by atoms with Crippen molar-refractivity contribution in [2.24, 2.45) is 5.41 Å². The van der Waals surface area contributed by atoms with Crippen molar-refractivity contribution < 1.29 is 9.90 Å². The van der Waals surface area contributed by atoms with Crippen molar-refractivity contribution >= 4 is 29.2 Å². The monoisotopic (exact) mass is 315 g/mol. The van der Waals surface area contributed by atoms with E-state index >= 15 is 0 Å². The smallest absolute Gasteiger partial charge is 0.309 e. The van der Waals surface area contributed by atoms with Gasteiger partial charge in [-0.25, -0.2) is 0 Å². The first-order valence-corrected chi connectivity index (χ1v) is 7.52. The van der Waals surface area contributed by atoms with E-state index in [9.17, 15) is 9.90 Å². The lowest BCUT2D eigenvalue weighted by molar-refractivity contribution is -0.151. The number of rotatable bonds is 3. The number of benzene rings is 1. The molecule has 0 bridgehead atoms. The second-order valence-electron chi connectivity index (χ2n) is 5.72. The molecule has 0 radical (unpaired) electrons. The lowest BCUT2D eigenvalue weighted by atomic mass is 9.80. The minimum absolute atomic E-state index is 0.138. The summed E-state index contributed by atoms with van der Waals surface area (Å²) in [5, 5.41) is 10.4. The zero-order valence-electron chi connectivity index (χ0n) is 11.7. The van der Waals surface area contributed by atoms with Crippen molar-refractivity contribution in [3.05, 3.63) is 33.8 Å². The minimum atomic E-state index is -0.703. The number of likely N-dealkylation sites (tertiary alicyclic amines) is 1. The van der Waals surface area contributed by atoms with Crippen LogP contribution in [-0.4, -0.2) is 29.1 Å². The van der Waals surface area contributed by atoms with E-state index in [0.29, 0.717) is 22.9 Å². The highest BCUT2D eigenvalue weighted by Gasteiger charge is 2.38. The number of carbonyl (C=O) groups is 1. The van der Waals surface area contributed by atoms with E-state index in [2.05, 4.69) is 11.8 Å². The highest BCUT2D eigenvalue weighted by molar-refractivity contribution is 6.42. The van der Waals surface area contributed by atoms with Crippen LogP contribution in [0.1, 0.15) is 38.3 Å². The summed E-state index contributed by atoms with van der Waals surface area (Å²) in [6, 6.07) is 5.78. The van der Waals surface area contributed by atoms with Gasteiger partial charge in [-0.1, -0.05) is 35.3 Å². The number of carboxylic acid groups (broad SMARTS) is 1. The van der Waals surface area contributed by atoms with Crippen LogP contribution in [0.5, 0.6) is 0 Å².